The van der Waals surface area contributed by atoms with Crippen LogP contribution in [0.2, 0.25) is 0 Å². The van der Waals surface area contributed by atoms with Gasteiger partial charge in [0, 0.05) is 57.1 Å². The molecule has 0 spiro atoms. The number of piperidine rings is 1. The molecule has 3 aromatic rings. The Hall–Kier alpha value is -3.15. The summed E-state index contributed by atoms with van der Waals surface area (Å²) in [5, 5.41) is 2.93. The molecule has 0 atom stereocenters. The second-order valence-corrected chi connectivity index (χ2v) is 10.6. The summed E-state index contributed by atoms with van der Waals surface area (Å²) in [6.07, 6.45) is 2.38. The third-order valence-corrected chi connectivity index (χ3v) is 8.20. The Morgan fingerprint density at radius 3 is 2.03 bits per heavy atom. The van der Waals surface area contributed by atoms with Crippen molar-refractivity contribution in [1.29, 1.82) is 0 Å². The summed E-state index contributed by atoms with van der Waals surface area (Å²) >= 11 is 0. The number of anilines is 1. The van der Waals surface area contributed by atoms with Gasteiger partial charge in [0.2, 0.25) is 0 Å². The van der Waals surface area contributed by atoms with Crippen molar-refractivity contribution in [3.8, 4) is 0 Å². The molecule has 2 saturated heterocycles. The molecule has 0 aliphatic carbocycles. The van der Waals surface area contributed by atoms with Crippen LogP contribution in [0.5, 0.6) is 0 Å². The van der Waals surface area contributed by atoms with E-state index in [1.54, 1.807) is 0 Å². The summed E-state index contributed by atoms with van der Waals surface area (Å²) in [4.78, 5) is 19.5. The molecule has 5 nitrogen and oxygen atoms in total. The van der Waals surface area contributed by atoms with Crippen LogP contribution < -0.4 is 10.2 Å². The lowest BCUT2D eigenvalue weighted by molar-refractivity contribution is 0.0965. The molecule has 0 bridgehead atoms. The monoisotopic (exact) mass is 480 g/mol. The van der Waals surface area contributed by atoms with E-state index >= 15 is 0 Å². The molecule has 1 amide bonds. The third kappa shape index (κ3) is 5.18. The van der Waals surface area contributed by atoms with Crippen molar-refractivity contribution in [3.63, 3.8) is 0 Å². The predicted molar refractivity (Wildman–Crippen MR) is 145 cm³/mol. The average Bonchev–Trinajstić information content (AvgIpc) is 3.31. The van der Waals surface area contributed by atoms with Crippen LogP contribution in [0, 0.1) is 0 Å². The molecule has 0 aromatic heterocycles. The minimum absolute atomic E-state index is 0.0722. The van der Waals surface area contributed by atoms with E-state index in [1.165, 1.54) is 35.2 Å². The first-order valence-corrected chi connectivity index (χ1v) is 13.4. The highest BCUT2D eigenvalue weighted by molar-refractivity contribution is 5.98. The number of para-hydroxylation sites is 1. The van der Waals surface area contributed by atoms with Crippen LogP contribution in [0.4, 0.5) is 5.69 Å². The molecule has 1 N–H and O–H groups in total. The Bertz CT molecular complexity index is 1180. The summed E-state index contributed by atoms with van der Waals surface area (Å²) in [6.45, 7) is 9.43. The average molecular weight is 481 g/mol. The zero-order chi connectivity index (χ0) is 24.3. The van der Waals surface area contributed by atoms with Gasteiger partial charge in [0.1, 0.15) is 0 Å². The minimum Gasteiger partial charge on any atom is -0.369 e. The van der Waals surface area contributed by atoms with E-state index in [0.29, 0.717) is 12.5 Å². The Labute approximate surface area is 214 Å². The Balaban J connectivity index is 0.963. The van der Waals surface area contributed by atoms with Gasteiger partial charge in [0.15, 0.2) is 0 Å². The van der Waals surface area contributed by atoms with E-state index in [1.807, 2.05) is 6.07 Å². The summed E-state index contributed by atoms with van der Waals surface area (Å²) < 4.78 is 0. The molecule has 0 saturated carbocycles. The molecule has 3 aromatic carbocycles. The highest BCUT2D eigenvalue weighted by Gasteiger charge is 2.24. The van der Waals surface area contributed by atoms with Crippen LogP contribution in [0.15, 0.2) is 72.8 Å². The van der Waals surface area contributed by atoms with E-state index in [4.69, 9.17) is 0 Å². The smallest absolute Gasteiger partial charge is 0.251 e. The van der Waals surface area contributed by atoms with Crippen LogP contribution in [-0.2, 0) is 19.6 Å². The molecular weight excluding hydrogens is 444 g/mol. The number of rotatable bonds is 6. The number of fused-ring (bicyclic) bond motifs is 1. The number of benzene rings is 3. The maximum atomic E-state index is 11.8. The Kier molecular flexibility index (Phi) is 6.75. The lowest BCUT2D eigenvalue weighted by Gasteiger charge is -2.36. The van der Waals surface area contributed by atoms with Gasteiger partial charge in [-0.1, -0.05) is 54.6 Å². The third-order valence-electron chi connectivity index (χ3n) is 8.20. The van der Waals surface area contributed by atoms with Gasteiger partial charge in [-0.15, -0.1) is 0 Å². The molecule has 3 aliphatic rings. The van der Waals surface area contributed by atoms with E-state index < -0.39 is 0 Å². The topological polar surface area (TPSA) is 38.8 Å². The van der Waals surface area contributed by atoms with Gasteiger partial charge < -0.3 is 10.2 Å². The number of carbonyl (C=O) groups is 1. The van der Waals surface area contributed by atoms with E-state index in [0.717, 1.165) is 63.5 Å². The van der Waals surface area contributed by atoms with Crippen LogP contribution in [0.1, 0.15) is 51.4 Å². The van der Waals surface area contributed by atoms with Gasteiger partial charge in [-0.3, -0.25) is 14.6 Å². The fourth-order valence-corrected chi connectivity index (χ4v) is 6.00. The van der Waals surface area contributed by atoms with Crippen LogP contribution in [0.25, 0.3) is 0 Å². The quantitative estimate of drug-likeness (QED) is 0.558. The van der Waals surface area contributed by atoms with Crippen molar-refractivity contribution in [3.05, 3.63) is 101 Å². The lowest BCUT2D eigenvalue weighted by Crippen LogP contribution is -2.45. The maximum absolute atomic E-state index is 11.8. The molecule has 3 aliphatic heterocycles. The van der Waals surface area contributed by atoms with Crippen molar-refractivity contribution in [2.24, 2.45) is 0 Å². The maximum Gasteiger partial charge on any atom is 0.251 e. The Morgan fingerprint density at radius 2 is 1.36 bits per heavy atom. The number of nitrogens with zero attached hydrogens (tertiary/aromatic N) is 3. The fourth-order valence-electron chi connectivity index (χ4n) is 6.00. The van der Waals surface area contributed by atoms with Gasteiger partial charge in [-0.25, -0.2) is 0 Å². The molecular formula is C31H36N4O. The molecule has 2 fully saturated rings. The molecule has 3 heterocycles. The first-order chi connectivity index (χ1) is 17.7. The number of amides is 1. The fraction of sp³-hybridized carbons (Fsp3) is 0.387. The van der Waals surface area contributed by atoms with Gasteiger partial charge in [-0.2, -0.15) is 0 Å². The SMILES string of the molecule is O=C1NCc2cc(C3CCN(Cc4ccc(CN5CCN(c6ccccc6)CC5)cc4)CC3)ccc21. The molecule has 0 radical (unpaired) electrons. The molecule has 36 heavy (non-hydrogen) atoms. The number of piperazine rings is 1. The molecule has 186 valence electrons. The molecule has 0 unspecified atom stereocenters. The summed E-state index contributed by atoms with van der Waals surface area (Å²) in [6, 6.07) is 26.5. The summed E-state index contributed by atoms with van der Waals surface area (Å²) in [5.74, 6) is 0.676. The normalized spacial score (nSPS) is 19.3. The lowest BCUT2D eigenvalue weighted by atomic mass is 9.87. The van der Waals surface area contributed by atoms with Crippen molar-refractivity contribution in [1.82, 2.24) is 15.1 Å². The summed E-state index contributed by atoms with van der Waals surface area (Å²) in [7, 11) is 0. The van der Waals surface area contributed by atoms with E-state index in [2.05, 4.69) is 86.7 Å². The number of hydrogen-bond acceptors (Lipinski definition) is 4. The number of likely N-dealkylation sites (tertiary alicyclic amines) is 1. The second-order valence-electron chi connectivity index (χ2n) is 10.6. The first-order valence-electron chi connectivity index (χ1n) is 13.4. The molecule has 6 rings (SSSR count). The van der Waals surface area contributed by atoms with Gasteiger partial charge in [0.25, 0.3) is 5.91 Å². The number of nitrogens with one attached hydrogen (secondary N) is 1. The molecule has 5 heteroatoms. The van der Waals surface area contributed by atoms with Crippen LogP contribution in [-0.4, -0.2) is 55.0 Å². The Morgan fingerprint density at radius 1 is 0.722 bits per heavy atom. The second kappa shape index (κ2) is 10.5. The summed E-state index contributed by atoms with van der Waals surface area (Å²) in [5.41, 5.74) is 7.58. The number of hydrogen-bond donors (Lipinski definition) is 1. The zero-order valence-electron chi connectivity index (χ0n) is 21.0. The van der Waals surface area contributed by atoms with Crippen molar-refractivity contribution in [2.75, 3.05) is 44.2 Å². The number of carbonyl (C=O) groups excluding carboxylic acids is 1. The van der Waals surface area contributed by atoms with Crippen LogP contribution >= 0.6 is 0 Å². The van der Waals surface area contributed by atoms with Crippen LogP contribution in [0.3, 0.4) is 0 Å². The predicted octanol–water partition coefficient (Wildman–Crippen LogP) is 4.63. The first kappa shape index (κ1) is 23.3. The van der Waals surface area contributed by atoms with E-state index in [9.17, 15) is 4.79 Å². The largest absolute Gasteiger partial charge is 0.369 e. The van der Waals surface area contributed by atoms with Gasteiger partial charge in [0.05, 0.1) is 0 Å². The van der Waals surface area contributed by atoms with Crippen molar-refractivity contribution in [2.45, 2.75) is 38.4 Å². The zero-order valence-corrected chi connectivity index (χ0v) is 21.0. The van der Waals surface area contributed by atoms with Crippen molar-refractivity contribution >= 4 is 11.6 Å². The van der Waals surface area contributed by atoms with E-state index in [-0.39, 0.29) is 5.91 Å². The van der Waals surface area contributed by atoms with Crippen molar-refractivity contribution < 1.29 is 4.79 Å². The highest BCUT2D eigenvalue weighted by atomic mass is 16.1. The standard InChI is InChI=1S/C31H36N4O/c36-31-30-11-10-27(20-28(30)21-32-31)26-12-14-33(15-13-26)22-24-6-8-25(9-7-24)23-34-16-18-35(19-17-34)29-4-2-1-3-5-29/h1-11,20,26H,12-19,21-23H2,(H,32,36). The highest BCUT2D eigenvalue weighted by Crippen LogP contribution is 2.31. The van der Waals surface area contributed by atoms with Gasteiger partial charge in [-0.05, 0) is 72.3 Å². The van der Waals surface area contributed by atoms with Gasteiger partial charge >= 0.3 is 0 Å². The minimum atomic E-state index is 0.0722.